The second-order valence-electron chi connectivity index (χ2n) is 13.6. The summed E-state index contributed by atoms with van der Waals surface area (Å²) in [5, 5.41) is 6.89. The molecular weight excluding hydrogens is 752 g/mol. The van der Waals surface area contributed by atoms with Crippen LogP contribution < -0.4 is 15.3 Å². The second kappa shape index (κ2) is 17.7. The van der Waals surface area contributed by atoms with Gasteiger partial charge in [-0.3, -0.25) is 23.8 Å². The van der Waals surface area contributed by atoms with Gasteiger partial charge in [0.25, 0.3) is 0 Å². The summed E-state index contributed by atoms with van der Waals surface area (Å²) in [4.78, 5) is 44.1. The molecule has 4 heterocycles. The van der Waals surface area contributed by atoms with Crippen molar-refractivity contribution < 1.29 is 60.1 Å². The van der Waals surface area contributed by atoms with E-state index in [0.717, 1.165) is 0 Å². The Labute approximate surface area is 315 Å². The van der Waals surface area contributed by atoms with Crippen molar-refractivity contribution in [3.63, 3.8) is 0 Å². The Hall–Kier alpha value is -4.29. The van der Waals surface area contributed by atoms with Crippen molar-refractivity contribution in [3.8, 4) is 5.75 Å². The summed E-state index contributed by atoms with van der Waals surface area (Å²) in [6.45, 7) is 4.89. The molecule has 6 atom stereocenters. The van der Waals surface area contributed by atoms with E-state index in [-0.39, 0.29) is 50.0 Å². The Morgan fingerprint density at radius 3 is 2.40 bits per heavy atom. The maximum absolute atomic E-state index is 14.5. The maximum Gasteiger partial charge on any atom is 0.459 e. The van der Waals surface area contributed by atoms with E-state index >= 15 is 0 Å². The SMILES string of the molecule is CCC(=O)O[C@H]1[C@H](c2ccc3c(N)ncnn23)O[C@](C)(CO[P@@](=O)(N[C@@H](C)C(=O)OCC2CCN(CC(F)(F)F)CC2)Oc2ccccc2)[C@H]1OC(=O)CC. The zero-order valence-corrected chi connectivity index (χ0v) is 31.8. The summed E-state index contributed by atoms with van der Waals surface area (Å²) in [7, 11) is -4.51. The minimum absolute atomic E-state index is 0.00975. The zero-order valence-electron chi connectivity index (χ0n) is 30.9. The molecule has 0 spiro atoms. The van der Waals surface area contributed by atoms with Crippen molar-refractivity contribution in [2.24, 2.45) is 5.92 Å². The molecule has 0 saturated carbocycles. The van der Waals surface area contributed by atoms with Gasteiger partial charge in [-0.05, 0) is 70.0 Å². The van der Waals surface area contributed by atoms with Crippen LogP contribution in [-0.2, 0) is 42.4 Å². The summed E-state index contributed by atoms with van der Waals surface area (Å²) < 4.78 is 89.9. The Kier molecular flexibility index (Phi) is 13.4. The number of esters is 3. The van der Waals surface area contributed by atoms with Gasteiger partial charge in [-0.1, -0.05) is 32.0 Å². The summed E-state index contributed by atoms with van der Waals surface area (Å²) in [6.07, 6.45) is -5.94. The van der Waals surface area contributed by atoms with E-state index in [0.29, 0.717) is 24.1 Å². The molecule has 16 nitrogen and oxygen atoms in total. The van der Waals surface area contributed by atoms with Gasteiger partial charge in [0.1, 0.15) is 35.3 Å². The van der Waals surface area contributed by atoms with Gasteiger partial charge in [0.05, 0.1) is 25.5 Å². The van der Waals surface area contributed by atoms with Gasteiger partial charge in [0.15, 0.2) is 18.0 Å². The highest BCUT2D eigenvalue weighted by molar-refractivity contribution is 7.52. The van der Waals surface area contributed by atoms with Crippen LogP contribution in [0.2, 0.25) is 0 Å². The molecule has 20 heteroatoms. The lowest BCUT2D eigenvalue weighted by Crippen LogP contribution is -2.48. The number of aromatic nitrogens is 3. The number of hydrogen-bond acceptors (Lipinski definition) is 14. The molecule has 2 aliphatic rings. The van der Waals surface area contributed by atoms with Crippen molar-refractivity contribution in [2.45, 2.75) is 89.5 Å². The minimum Gasteiger partial charge on any atom is -0.464 e. The lowest BCUT2D eigenvalue weighted by molar-refractivity contribution is -0.171. The number of carbonyl (C=O) groups is 3. The van der Waals surface area contributed by atoms with Crippen molar-refractivity contribution in [2.75, 3.05) is 38.6 Å². The quantitative estimate of drug-likeness (QED) is 0.114. The van der Waals surface area contributed by atoms with Crippen LogP contribution in [0.15, 0.2) is 48.8 Å². The predicted molar refractivity (Wildman–Crippen MR) is 189 cm³/mol. The molecule has 3 aromatic rings. The topological polar surface area (TPSA) is 195 Å². The number of halogens is 3. The average molecular weight is 799 g/mol. The number of rotatable bonds is 16. The number of nitrogens with two attached hydrogens (primary N) is 1. The normalized spacial score (nSPS) is 23.9. The number of ether oxygens (including phenoxy) is 4. The lowest BCUT2D eigenvalue weighted by Gasteiger charge is -2.33. The van der Waals surface area contributed by atoms with Crippen LogP contribution in [0.5, 0.6) is 5.75 Å². The monoisotopic (exact) mass is 798 g/mol. The number of hydrogen-bond donors (Lipinski definition) is 2. The number of nitrogens with zero attached hydrogens (tertiary/aromatic N) is 4. The smallest absolute Gasteiger partial charge is 0.459 e. The molecule has 302 valence electrons. The van der Waals surface area contributed by atoms with Crippen molar-refractivity contribution in [1.29, 1.82) is 0 Å². The molecule has 0 bridgehead atoms. The fraction of sp³-hybridized carbons (Fsp3) is 0.571. The van der Waals surface area contributed by atoms with E-state index in [1.165, 1.54) is 41.7 Å². The summed E-state index contributed by atoms with van der Waals surface area (Å²) >= 11 is 0. The number of benzene rings is 1. The van der Waals surface area contributed by atoms with Gasteiger partial charge >= 0.3 is 31.8 Å². The van der Waals surface area contributed by atoms with Gasteiger partial charge in [0.2, 0.25) is 0 Å². The lowest BCUT2D eigenvalue weighted by atomic mass is 9.96. The first-order valence-electron chi connectivity index (χ1n) is 17.9. The fourth-order valence-electron chi connectivity index (χ4n) is 6.34. The first-order chi connectivity index (χ1) is 26.0. The third-order valence-electron chi connectivity index (χ3n) is 9.27. The zero-order chi connectivity index (χ0) is 40.0. The second-order valence-corrected chi connectivity index (χ2v) is 15.3. The molecule has 3 N–H and O–H groups in total. The van der Waals surface area contributed by atoms with Crippen molar-refractivity contribution >= 4 is 37.0 Å². The fourth-order valence-corrected chi connectivity index (χ4v) is 7.93. The summed E-state index contributed by atoms with van der Waals surface area (Å²) in [5.74, 6) is -1.92. The molecule has 2 saturated heterocycles. The first kappa shape index (κ1) is 41.9. The van der Waals surface area contributed by atoms with E-state index in [4.69, 9.17) is 33.7 Å². The van der Waals surface area contributed by atoms with Gasteiger partial charge in [0, 0.05) is 12.8 Å². The number of fused-ring (bicyclic) bond motifs is 1. The Bertz CT molecular complexity index is 1840. The highest BCUT2D eigenvalue weighted by Crippen LogP contribution is 2.50. The Morgan fingerprint density at radius 2 is 1.75 bits per heavy atom. The van der Waals surface area contributed by atoms with E-state index in [1.807, 2.05) is 0 Å². The van der Waals surface area contributed by atoms with E-state index in [9.17, 15) is 32.1 Å². The molecule has 0 amide bonds. The predicted octanol–water partition coefficient (Wildman–Crippen LogP) is 4.78. The molecule has 0 aliphatic carbocycles. The van der Waals surface area contributed by atoms with Crippen LogP contribution >= 0.6 is 7.75 Å². The van der Waals surface area contributed by atoms with Crippen LogP contribution in [0.25, 0.3) is 5.52 Å². The number of nitrogen functional groups attached to an aromatic ring is 1. The molecule has 1 aromatic carbocycles. The van der Waals surface area contributed by atoms with E-state index in [2.05, 4.69) is 15.2 Å². The van der Waals surface area contributed by atoms with Crippen molar-refractivity contribution in [1.82, 2.24) is 24.6 Å². The molecule has 0 unspecified atom stereocenters. The molecule has 55 heavy (non-hydrogen) atoms. The minimum atomic E-state index is -4.51. The Balaban J connectivity index is 1.36. The standard InChI is InChI=1S/C35H46F3N6O10P/c1-5-27(45)51-30-29(25-12-13-26-32(39)40-21-41-44(25)26)53-34(4,31(30)52-28(46)6-2)20-50-55(48,54-24-10-8-7-9-11-24)42-22(3)33(47)49-18-23-14-16-43(17-15-23)19-35(36,37)38/h7-13,21-23,29-31H,5-6,14-20H2,1-4H3,(H,42,48)(H2,39,40,41)/t22-,29-,30-,31-,34+,55-/m0/s1. The third-order valence-corrected chi connectivity index (χ3v) is 10.9. The summed E-state index contributed by atoms with van der Waals surface area (Å²) in [6, 6.07) is 10.1. The first-order valence-corrected chi connectivity index (χ1v) is 19.4. The molecule has 2 fully saturated rings. The number of carbonyl (C=O) groups excluding carboxylic acids is 3. The van der Waals surface area contributed by atoms with E-state index < -0.39 is 74.9 Å². The number of para-hydroxylation sites is 1. The molecule has 2 aliphatic heterocycles. The number of anilines is 1. The highest BCUT2D eigenvalue weighted by Gasteiger charge is 2.59. The average Bonchev–Trinajstić information content (AvgIpc) is 3.69. The number of piperidine rings is 1. The molecule has 2 aromatic heterocycles. The van der Waals surface area contributed by atoms with Crippen molar-refractivity contribution in [3.05, 3.63) is 54.5 Å². The summed E-state index contributed by atoms with van der Waals surface area (Å²) in [5.41, 5.74) is 5.22. The highest BCUT2D eigenvalue weighted by atomic mass is 31.2. The van der Waals surface area contributed by atoms with Crippen LogP contribution in [0.3, 0.4) is 0 Å². The number of alkyl halides is 3. The van der Waals surface area contributed by atoms with E-state index in [1.54, 1.807) is 44.2 Å². The van der Waals surface area contributed by atoms with Gasteiger partial charge in [-0.25, -0.2) is 14.1 Å². The van der Waals surface area contributed by atoms with Gasteiger partial charge < -0.3 is 29.2 Å². The van der Waals surface area contributed by atoms with Crippen LogP contribution in [0.1, 0.15) is 65.2 Å². The molecular formula is C35H46F3N6O10P. The number of nitrogens with one attached hydrogen (secondary N) is 1. The van der Waals surface area contributed by atoms with Crippen LogP contribution in [0.4, 0.5) is 19.0 Å². The van der Waals surface area contributed by atoms with Crippen LogP contribution in [0, 0.1) is 5.92 Å². The van der Waals surface area contributed by atoms with Gasteiger partial charge in [-0.2, -0.15) is 23.4 Å². The maximum atomic E-state index is 14.5. The molecule has 0 radical (unpaired) electrons. The third kappa shape index (κ3) is 10.7. The van der Waals surface area contributed by atoms with Gasteiger partial charge in [-0.15, -0.1) is 0 Å². The van der Waals surface area contributed by atoms with Crippen LogP contribution in [-0.4, -0.2) is 100 Å². The largest absolute Gasteiger partial charge is 0.464 e. The molecule has 5 rings (SSSR count). The Morgan fingerprint density at radius 1 is 1.07 bits per heavy atom. The number of likely N-dealkylation sites (tertiary alicyclic amines) is 1.